The molecule has 0 bridgehead atoms. The molecule has 1 N–H and O–H groups in total. The van der Waals surface area contributed by atoms with Gasteiger partial charge in [-0.2, -0.15) is 8.42 Å². The van der Waals surface area contributed by atoms with Crippen LogP contribution in [0.4, 0.5) is 0 Å². The Morgan fingerprint density at radius 2 is 1.19 bits per heavy atom. The van der Waals surface area contributed by atoms with E-state index in [-0.39, 0.29) is 4.90 Å². The molecule has 4 heteroatoms. The SMILES string of the molecule is CCCCCCCCCc1cc2ccccc2c(CCCCCCCCC)c1S(=O)(=O)O. The van der Waals surface area contributed by atoms with Gasteiger partial charge < -0.3 is 0 Å². The number of fused-ring (bicyclic) bond motifs is 1. The van der Waals surface area contributed by atoms with E-state index in [0.29, 0.717) is 12.8 Å². The summed E-state index contributed by atoms with van der Waals surface area (Å²) < 4.78 is 35.2. The fourth-order valence-corrected chi connectivity index (χ4v) is 5.77. The lowest BCUT2D eigenvalue weighted by atomic mass is 9.94. The second-order valence-electron chi connectivity index (χ2n) is 9.28. The van der Waals surface area contributed by atoms with E-state index >= 15 is 0 Å². The van der Waals surface area contributed by atoms with Crippen LogP contribution in [0.15, 0.2) is 35.2 Å². The minimum Gasteiger partial charge on any atom is -0.282 e. The van der Waals surface area contributed by atoms with Crippen LogP contribution < -0.4 is 0 Å². The van der Waals surface area contributed by atoms with Gasteiger partial charge in [0, 0.05) is 0 Å². The Balaban J connectivity index is 2.15. The molecule has 0 aliphatic rings. The number of rotatable bonds is 17. The molecule has 0 spiro atoms. The van der Waals surface area contributed by atoms with Crippen LogP contribution in [-0.2, 0) is 23.0 Å². The van der Waals surface area contributed by atoms with E-state index < -0.39 is 10.1 Å². The molecule has 0 saturated heterocycles. The van der Waals surface area contributed by atoms with Gasteiger partial charge in [-0.3, -0.25) is 4.55 Å². The molecule has 0 heterocycles. The molecule has 3 nitrogen and oxygen atoms in total. The number of hydrogen-bond acceptors (Lipinski definition) is 2. The van der Waals surface area contributed by atoms with E-state index in [4.69, 9.17) is 0 Å². The van der Waals surface area contributed by atoms with Crippen LogP contribution in [0.25, 0.3) is 10.8 Å². The Labute approximate surface area is 196 Å². The minimum atomic E-state index is -4.26. The second-order valence-corrected chi connectivity index (χ2v) is 10.6. The van der Waals surface area contributed by atoms with Crippen molar-refractivity contribution in [1.29, 1.82) is 0 Å². The van der Waals surface area contributed by atoms with Gasteiger partial charge in [0.2, 0.25) is 0 Å². The first-order valence-corrected chi connectivity index (χ1v) is 14.4. The Kier molecular flexibility index (Phi) is 12.3. The van der Waals surface area contributed by atoms with E-state index in [9.17, 15) is 13.0 Å². The zero-order chi connectivity index (χ0) is 23.2. The maximum Gasteiger partial charge on any atom is 0.295 e. The number of aryl methyl sites for hydroxylation is 2. The lowest BCUT2D eigenvalue weighted by Crippen LogP contribution is -2.09. The summed E-state index contributed by atoms with van der Waals surface area (Å²) in [6.45, 7) is 4.45. The molecule has 0 amide bonds. The summed E-state index contributed by atoms with van der Waals surface area (Å²) in [5.74, 6) is 0. The molecule has 0 unspecified atom stereocenters. The van der Waals surface area contributed by atoms with Gasteiger partial charge >= 0.3 is 0 Å². The van der Waals surface area contributed by atoms with Crippen molar-refractivity contribution < 1.29 is 13.0 Å². The Bertz CT molecular complexity index is 902. The zero-order valence-electron chi connectivity index (χ0n) is 20.4. The topological polar surface area (TPSA) is 54.4 Å². The van der Waals surface area contributed by atoms with Crippen molar-refractivity contribution in [2.24, 2.45) is 0 Å². The molecule has 0 aliphatic carbocycles. The van der Waals surface area contributed by atoms with Gasteiger partial charge in [-0.15, -0.1) is 0 Å². The third kappa shape index (κ3) is 8.86. The van der Waals surface area contributed by atoms with Crippen molar-refractivity contribution in [2.45, 2.75) is 121 Å². The van der Waals surface area contributed by atoms with Crippen LogP contribution in [0.1, 0.15) is 115 Å². The summed E-state index contributed by atoms with van der Waals surface area (Å²) in [5, 5.41) is 2.05. The maximum atomic E-state index is 12.5. The summed E-state index contributed by atoms with van der Waals surface area (Å²) in [6, 6.07) is 10.0. The van der Waals surface area contributed by atoms with Crippen LogP contribution in [0.2, 0.25) is 0 Å². The first-order chi connectivity index (χ1) is 15.5. The van der Waals surface area contributed by atoms with Crippen LogP contribution in [0.5, 0.6) is 0 Å². The number of hydrogen-bond donors (Lipinski definition) is 1. The van der Waals surface area contributed by atoms with Gasteiger partial charge in [-0.05, 0) is 53.6 Å². The highest BCUT2D eigenvalue weighted by Crippen LogP contribution is 2.32. The standard InChI is InChI=1S/C28H44O3S/c1-3-5-7-9-11-13-15-20-25-23-24-19-17-18-21-26(24)27(28(25)32(29,30)31)22-16-14-12-10-8-6-4-2/h17-19,21,23H,3-16,20,22H2,1-2H3,(H,29,30,31). The van der Waals surface area contributed by atoms with Crippen molar-refractivity contribution in [3.05, 3.63) is 41.5 Å². The molecule has 32 heavy (non-hydrogen) atoms. The largest absolute Gasteiger partial charge is 0.295 e. The molecular weight excluding hydrogens is 416 g/mol. The third-order valence-electron chi connectivity index (χ3n) is 6.52. The highest BCUT2D eigenvalue weighted by molar-refractivity contribution is 7.86. The van der Waals surface area contributed by atoms with Gasteiger partial charge in [-0.1, -0.05) is 115 Å². The lowest BCUT2D eigenvalue weighted by molar-refractivity contribution is 0.480. The summed E-state index contributed by atoms with van der Waals surface area (Å²) in [7, 11) is -4.26. The van der Waals surface area contributed by atoms with Gasteiger partial charge in [0.15, 0.2) is 0 Å². The third-order valence-corrected chi connectivity index (χ3v) is 7.54. The van der Waals surface area contributed by atoms with Gasteiger partial charge in [-0.25, -0.2) is 0 Å². The molecule has 180 valence electrons. The summed E-state index contributed by atoms with van der Waals surface area (Å²) in [4.78, 5) is 0.188. The Morgan fingerprint density at radius 3 is 1.75 bits per heavy atom. The predicted octanol–water partition coefficient (Wildman–Crippen LogP) is 8.67. The van der Waals surface area contributed by atoms with Crippen molar-refractivity contribution in [3.8, 4) is 0 Å². The number of unbranched alkanes of at least 4 members (excludes halogenated alkanes) is 12. The summed E-state index contributed by atoms with van der Waals surface area (Å²) in [6.07, 6.45) is 18.1. The molecule has 0 radical (unpaired) electrons. The molecule has 0 fully saturated rings. The molecule has 0 aromatic heterocycles. The van der Waals surface area contributed by atoms with E-state index in [1.165, 1.54) is 64.2 Å². The van der Waals surface area contributed by atoms with E-state index in [0.717, 1.165) is 47.6 Å². The molecule has 2 rings (SSSR count). The quantitative estimate of drug-likeness (QED) is 0.190. The molecule has 2 aromatic rings. The average Bonchev–Trinajstić information content (AvgIpc) is 2.76. The van der Waals surface area contributed by atoms with Crippen molar-refractivity contribution in [1.82, 2.24) is 0 Å². The second kappa shape index (κ2) is 14.7. The lowest BCUT2D eigenvalue weighted by Gasteiger charge is -2.16. The van der Waals surface area contributed by atoms with Crippen molar-refractivity contribution in [3.63, 3.8) is 0 Å². The highest BCUT2D eigenvalue weighted by Gasteiger charge is 2.22. The molecule has 0 atom stereocenters. The van der Waals surface area contributed by atoms with Gasteiger partial charge in [0.25, 0.3) is 10.1 Å². The van der Waals surface area contributed by atoms with E-state index in [1.54, 1.807) is 0 Å². The first-order valence-electron chi connectivity index (χ1n) is 13.0. The van der Waals surface area contributed by atoms with Crippen LogP contribution >= 0.6 is 0 Å². The normalized spacial score (nSPS) is 12.0. The monoisotopic (exact) mass is 460 g/mol. The predicted molar refractivity (Wildman–Crippen MR) is 137 cm³/mol. The molecular formula is C28H44O3S. The smallest absolute Gasteiger partial charge is 0.282 e. The van der Waals surface area contributed by atoms with E-state index in [1.807, 2.05) is 24.3 Å². The van der Waals surface area contributed by atoms with Crippen molar-refractivity contribution in [2.75, 3.05) is 0 Å². The first kappa shape index (κ1) is 26.9. The molecule has 0 saturated carbocycles. The fraction of sp³-hybridized carbons (Fsp3) is 0.643. The van der Waals surface area contributed by atoms with E-state index in [2.05, 4.69) is 19.9 Å². The maximum absolute atomic E-state index is 12.5. The van der Waals surface area contributed by atoms with Crippen LogP contribution in [0.3, 0.4) is 0 Å². The Morgan fingerprint density at radius 1 is 0.688 bits per heavy atom. The average molecular weight is 461 g/mol. The summed E-state index contributed by atoms with van der Waals surface area (Å²) in [5.41, 5.74) is 1.61. The molecule has 0 aliphatic heterocycles. The zero-order valence-corrected chi connectivity index (χ0v) is 21.2. The fourth-order valence-electron chi connectivity index (χ4n) is 4.75. The number of benzene rings is 2. The van der Waals surface area contributed by atoms with Crippen LogP contribution in [0, 0.1) is 0 Å². The van der Waals surface area contributed by atoms with Gasteiger partial charge in [0.05, 0.1) is 0 Å². The molecule has 2 aromatic carbocycles. The Hall–Kier alpha value is -1.39. The van der Waals surface area contributed by atoms with Crippen molar-refractivity contribution >= 4 is 20.9 Å². The minimum absolute atomic E-state index is 0.188. The van der Waals surface area contributed by atoms with Gasteiger partial charge in [0.1, 0.15) is 4.90 Å². The van der Waals surface area contributed by atoms with Crippen LogP contribution in [-0.4, -0.2) is 13.0 Å². The highest BCUT2D eigenvalue weighted by atomic mass is 32.2. The summed E-state index contributed by atoms with van der Waals surface area (Å²) >= 11 is 0.